The monoisotopic (exact) mass is 419 g/mol. The van der Waals surface area contributed by atoms with Crippen LogP contribution in [0.5, 0.6) is 5.75 Å². The van der Waals surface area contributed by atoms with E-state index in [1.165, 1.54) is 0 Å². The first kappa shape index (κ1) is 20.7. The van der Waals surface area contributed by atoms with Crippen LogP contribution in [-0.2, 0) is 6.61 Å². The van der Waals surface area contributed by atoms with Crippen LogP contribution in [0.3, 0.4) is 0 Å². The van der Waals surface area contributed by atoms with Crippen molar-refractivity contribution in [1.29, 1.82) is 5.26 Å². The topological polar surface area (TPSA) is 74.2 Å². The van der Waals surface area contributed by atoms with E-state index in [-0.39, 0.29) is 5.91 Å². The molecular weight excluding hydrogens is 398 g/mol. The average Bonchev–Trinajstić information content (AvgIpc) is 2.85. The fourth-order valence-electron chi connectivity index (χ4n) is 3.16. The van der Waals surface area contributed by atoms with Crippen molar-refractivity contribution in [1.82, 2.24) is 0 Å². The summed E-state index contributed by atoms with van der Waals surface area (Å²) >= 11 is 0. The number of hydrogen-bond donors (Lipinski definition) is 2. The highest BCUT2D eigenvalue weighted by atomic mass is 16.5. The molecule has 32 heavy (non-hydrogen) atoms. The van der Waals surface area contributed by atoms with Gasteiger partial charge in [0.2, 0.25) is 0 Å². The van der Waals surface area contributed by atoms with Gasteiger partial charge in [0.05, 0.1) is 22.9 Å². The second-order valence-corrected chi connectivity index (χ2v) is 7.12. The van der Waals surface area contributed by atoms with Gasteiger partial charge in [0.25, 0.3) is 5.91 Å². The van der Waals surface area contributed by atoms with Gasteiger partial charge in [-0.25, -0.2) is 0 Å². The zero-order valence-electron chi connectivity index (χ0n) is 17.3. The van der Waals surface area contributed by atoms with Gasteiger partial charge in [-0.15, -0.1) is 0 Å². The lowest BCUT2D eigenvalue weighted by atomic mass is 10.1. The Morgan fingerprint density at radius 3 is 2.19 bits per heavy atom. The van der Waals surface area contributed by atoms with Crippen molar-refractivity contribution in [2.24, 2.45) is 0 Å². The Labute approximate surface area is 186 Å². The molecule has 4 aromatic carbocycles. The van der Waals surface area contributed by atoms with Crippen LogP contribution in [0.25, 0.3) is 0 Å². The molecule has 156 valence electrons. The van der Waals surface area contributed by atoms with Gasteiger partial charge >= 0.3 is 0 Å². The number of ether oxygens (including phenoxy) is 1. The summed E-state index contributed by atoms with van der Waals surface area (Å²) in [6.07, 6.45) is 0. The number of rotatable bonds is 7. The standard InChI is InChI=1S/C27H21N3O2/c28-18-21-11-16-26(29-22-9-5-2-6-10-22)25(17-21)27(31)30-23-12-14-24(15-13-23)32-19-20-7-3-1-4-8-20/h1-17,29H,19H2,(H,30,31). The van der Waals surface area contributed by atoms with Crippen molar-refractivity contribution in [3.05, 3.63) is 120 Å². The predicted octanol–water partition coefficient (Wildman–Crippen LogP) is 6.13. The van der Waals surface area contributed by atoms with E-state index in [0.29, 0.717) is 34.9 Å². The van der Waals surface area contributed by atoms with Crippen LogP contribution in [0.15, 0.2) is 103 Å². The van der Waals surface area contributed by atoms with Crippen LogP contribution < -0.4 is 15.4 Å². The highest BCUT2D eigenvalue weighted by molar-refractivity contribution is 6.08. The third-order valence-corrected chi connectivity index (χ3v) is 4.81. The molecule has 0 spiro atoms. The quantitative estimate of drug-likeness (QED) is 0.378. The number of nitrogens with one attached hydrogen (secondary N) is 2. The molecule has 0 unspecified atom stereocenters. The van der Waals surface area contributed by atoms with E-state index < -0.39 is 0 Å². The Balaban J connectivity index is 1.46. The van der Waals surface area contributed by atoms with Gasteiger partial charge in [-0.1, -0.05) is 48.5 Å². The summed E-state index contributed by atoms with van der Waals surface area (Å²) in [5.74, 6) is 0.406. The zero-order valence-corrected chi connectivity index (χ0v) is 17.3. The lowest BCUT2D eigenvalue weighted by molar-refractivity contribution is 0.102. The van der Waals surface area contributed by atoms with Gasteiger partial charge in [0, 0.05) is 11.4 Å². The van der Waals surface area contributed by atoms with E-state index >= 15 is 0 Å². The first-order valence-corrected chi connectivity index (χ1v) is 10.2. The summed E-state index contributed by atoms with van der Waals surface area (Å²) in [5.41, 5.74) is 3.99. The van der Waals surface area contributed by atoms with Crippen LogP contribution in [-0.4, -0.2) is 5.91 Å². The first-order valence-electron chi connectivity index (χ1n) is 10.2. The van der Waals surface area contributed by atoms with Crippen LogP contribution in [0, 0.1) is 11.3 Å². The molecule has 0 radical (unpaired) electrons. The molecule has 0 heterocycles. The minimum absolute atomic E-state index is 0.307. The molecule has 0 aliphatic rings. The Hall–Kier alpha value is -4.56. The minimum atomic E-state index is -0.307. The summed E-state index contributed by atoms with van der Waals surface area (Å²) in [7, 11) is 0. The maximum atomic E-state index is 13.0. The molecule has 0 fully saturated rings. The van der Waals surface area contributed by atoms with Gasteiger partial charge in [0.1, 0.15) is 12.4 Å². The molecule has 5 heteroatoms. The number of anilines is 3. The molecule has 4 aromatic rings. The summed E-state index contributed by atoms with van der Waals surface area (Å²) in [4.78, 5) is 13.0. The number of nitrogens with zero attached hydrogens (tertiary/aromatic N) is 1. The van der Waals surface area contributed by atoms with Crippen molar-refractivity contribution in [2.75, 3.05) is 10.6 Å². The van der Waals surface area contributed by atoms with Crippen molar-refractivity contribution in [3.8, 4) is 11.8 Å². The molecular formula is C27H21N3O2. The largest absolute Gasteiger partial charge is 0.489 e. The van der Waals surface area contributed by atoms with E-state index in [9.17, 15) is 10.1 Å². The molecule has 0 atom stereocenters. The van der Waals surface area contributed by atoms with Crippen LogP contribution in [0.2, 0.25) is 0 Å². The maximum Gasteiger partial charge on any atom is 0.257 e. The van der Waals surface area contributed by atoms with Crippen molar-refractivity contribution < 1.29 is 9.53 Å². The number of carbonyl (C=O) groups is 1. The van der Waals surface area contributed by atoms with E-state index in [1.807, 2.05) is 72.8 Å². The third kappa shape index (κ3) is 5.32. The van der Waals surface area contributed by atoms with E-state index in [1.54, 1.807) is 30.3 Å². The summed E-state index contributed by atoms with van der Waals surface area (Å²) < 4.78 is 5.79. The van der Waals surface area contributed by atoms with Gasteiger partial charge in [-0.3, -0.25) is 4.79 Å². The first-order chi connectivity index (χ1) is 15.7. The normalized spacial score (nSPS) is 10.1. The second-order valence-electron chi connectivity index (χ2n) is 7.12. The van der Waals surface area contributed by atoms with Crippen molar-refractivity contribution >= 4 is 23.0 Å². The lowest BCUT2D eigenvalue weighted by Crippen LogP contribution is -2.14. The summed E-state index contributed by atoms with van der Waals surface area (Å²) in [6.45, 7) is 0.474. The fraction of sp³-hybridized carbons (Fsp3) is 0.0370. The number of amides is 1. The van der Waals surface area contributed by atoms with E-state index in [2.05, 4.69) is 16.7 Å². The van der Waals surface area contributed by atoms with E-state index in [4.69, 9.17) is 4.74 Å². The van der Waals surface area contributed by atoms with Gasteiger partial charge in [-0.05, 0) is 60.2 Å². The molecule has 0 aliphatic carbocycles. The van der Waals surface area contributed by atoms with Gasteiger partial charge < -0.3 is 15.4 Å². The summed E-state index contributed by atoms with van der Waals surface area (Å²) in [6, 6.07) is 33.8. The molecule has 1 amide bonds. The number of hydrogen-bond acceptors (Lipinski definition) is 4. The number of nitriles is 1. The van der Waals surface area contributed by atoms with Crippen LogP contribution in [0.4, 0.5) is 17.1 Å². The van der Waals surface area contributed by atoms with Crippen LogP contribution >= 0.6 is 0 Å². The van der Waals surface area contributed by atoms with Crippen molar-refractivity contribution in [2.45, 2.75) is 6.61 Å². The molecule has 0 saturated heterocycles. The fourth-order valence-corrected chi connectivity index (χ4v) is 3.16. The second kappa shape index (κ2) is 9.96. The predicted molar refractivity (Wildman–Crippen MR) is 126 cm³/mol. The van der Waals surface area contributed by atoms with Gasteiger partial charge in [-0.2, -0.15) is 5.26 Å². The lowest BCUT2D eigenvalue weighted by Gasteiger charge is -2.13. The number of para-hydroxylation sites is 1. The minimum Gasteiger partial charge on any atom is -0.489 e. The Bertz CT molecular complexity index is 1230. The molecule has 0 saturated carbocycles. The maximum absolute atomic E-state index is 13.0. The Morgan fingerprint density at radius 2 is 1.50 bits per heavy atom. The Kier molecular flexibility index (Phi) is 6.45. The molecule has 5 nitrogen and oxygen atoms in total. The SMILES string of the molecule is N#Cc1ccc(Nc2ccccc2)c(C(=O)Nc2ccc(OCc3ccccc3)cc2)c1. The third-order valence-electron chi connectivity index (χ3n) is 4.81. The van der Waals surface area contributed by atoms with Gasteiger partial charge in [0.15, 0.2) is 0 Å². The smallest absolute Gasteiger partial charge is 0.257 e. The van der Waals surface area contributed by atoms with Crippen molar-refractivity contribution in [3.63, 3.8) is 0 Å². The highest BCUT2D eigenvalue weighted by Gasteiger charge is 2.13. The molecule has 0 aromatic heterocycles. The molecule has 0 bridgehead atoms. The molecule has 2 N–H and O–H groups in total. The van der Waals surface area contributed by atoms with Crippen LogP contribution in [0.1, 0.15) is 21.5 Å². The molecule has 0 aliphatic heterocycles. The average molecular weight is 419 g/mol. The van der Waals surface area contributed by atoms with E-state index in [0.717, 1.165) is 11.3 Å². The number of carbonyl (C=O) groups excluding carboxylic acids is 1. The number of benzene rings is 4. The molecule has 4 rings (SSSR count). The summed E-state index contributed by atoms with van der Waals surface area (Å²) in [5, 5.41) is 15.4. The zero-order chi connectivity index (χ0) is 22.2. The Morgan fingerprint density at radius 1 is 0.812 bits per heavy atom. The highest BCUT2D eigenvalue weighted by Crippen LogP contribution is 2.24.